The van der Waals surface area contributed by atoms with Crippen LogP contribution in [-0.2, 0) is 36.9 Å². The smallest absolute Gasteiger partial charge is 0.399 e. The standard InChI is InChI=1S/C44H62B2O4/c1-12-14-16-18-20-31-26-32(21-19-17-15-13-2)28-33(27-31)44(11)38-29-34(45-47-40(3,4)41(5,6)48-45)22-24-36(38)37-25-23-35(30-39(37)44)46-49-42(7,8)43(9,10)50-46/h22-30H,12-21H2,1-11H3. The molecular weight excluding hydrogens is 614 g/mol. The molecule has 0 unspecified atom stereocenters. The van der Waals surface area contributed by atoms with Crippen molar-refractivity contribution in [3.05, 3.63) is 82.4 Å². The van der Waals surface area contributed by atoms with Gasteiger partial charge in [0.2, 0.25) is 0 Å². The molecule has 3 aliphatic rings. The number of aryl methyl sites for hydroxylation is 2. The first-order chi connectivity index (χ1) is 23.5. The first-order valence-corrected chi connectivity index (χ1v) is 19.7. The topological polar surface area (TPSA) is 36.9 Å². The first-order valence-electron chi connectivity index (χ1n) is 19.7. The van der Waals surface area contributed by atoms with Gasteiger partial charge in [0.15, 0.2) is 0 Å². The lowest BCUT2D eigenvalue weighted by Crippen LogP contribution is -2.41. The molecule has 1 aliphatic carbocycles. The number of benzene rings is 3. The number of unbranched alkanes of at least 4 members (excludes halogenated alkanes) is 6. The van der Waals surface area contributed by atoms with Gasteiger partial charge in [-0.2, -0.15) is 0 Å². The molecule has 0 spiro atoms. The van der Waals surface area contributed by atoms with Crippen molar-refractivity contribution in [1.82, 2.24) is 0 Å². The van der Waals surface area contributed by atoms with Crippen LogP contribution in [0.2, 0.25) is 0 Å². The van der Waals surface area contributed by atoms with Crippen LogP contribution in [0.25, 0.3) is 11.1 Å². The van der Waals surface area contributed by atoms with Crippen molar-refractivity contribution in [1.29, 1.82) is 0 Å². The summed E-state index contributed by atoms with van der Waals surface area (Å²) in [6, 6.07) is 21.3. The molecule has 3 aromatic rings. The van der Waals surface area contributed by atoms with Gasteiger partial charge < -0.3 is 18.6 Å². The zero-order valence-electron chi connectivity index (χ0n) is 33.1. The van der Waals surface area contributed by atoms with E-state index in [-0.39, 0.29) is 5.41 Å². The Bertz CT molecular complexity index is 1540. The maximum absolute atomic E-state index is 6.60. The maximum atomic E-state index is 6.60. The number of hydrogen-bond acceptors (Lipinski definition) is 4. The molecule has 268 valence electrons. The van der Waals surface area contributed by atoms with Crippen LogP contribution in [-0.4, -0.2) is 36.6 Å². The van der Waals surface area contributed by atoms with Crippen molar-refractivity contribution < 1.29 is 18.6 Å². The van der Waals surface area contributed by atoms with Gasteiger partial charge in [-0.25, -0.2) is 0 Å². The van der Waals surface area contributed by atoms with E-state index in [1.165, 1.54) is 90.3 Å². The fourth-order valence-electron chi connectivity index (χ4n) is 7.98. The Hall–Kier alpha value is -2.37. The lowest BCUT2D eigenvalue weighted by Gasteiger charge is -2.32. The summed E-state index contributed by atoms with van der Waals surface area (Å²) in [6.45, 7) is 24.1. The highest BCUT2D eigenvalue weighted by Crippen LogP contribution is 2.52. The molecule has 0 amide bonds. The average Bonchev–Trinajstić information content (AvgIpc) is 3.55. The van der Waals surface area contributed by atoms with Gasteiger partial charge in [-0.05, 0) is 138 Å². The monoisotopic (exact) mass is 676 g/mol. The molecule has 0 saturated carbocycles. The molecule has 0 aromatic heterocycles. The van der Waals surface area contributed by atoms with E-state index in [1.807, 2.05) is 0 Å². The molecular formula is C44H62B2O4. The quantitative estimate of drug-likeness (QED) is 0.133. The summed E-state index contributed by atoms with van der Waals surface area (Å²) in [6.07, 6.45) is 12.4. The lowest BCUT2D eigenvalue weighted by atomic mass is 9.69. The highest BCUT2D eigenvalue weighted by molar-refractivity contribution is 6.62. The second-order valence-electron chi connectivity index (χ2n) is 17.6. The third-order valence-corrected chi connectivity index (χ3v) is 12.8. The van der Waals surface area contributed by atoms with Crippen LogP contribution in [0.15, 0.2) is 54.6 Å². The highest BCUT2D eigenvalue weighted by Gasteiger charge is 2.54. The second kappa shape index (κ2) is 13.9. The Kier molecular flexibility index (Phi) is 10.4. The van der Waals surface area contributed by atoms with E-state index in [2.05, 4.69) is 131 Å². The van der Waals surface area contributed by atoms with Gasteiger partial charge in [-0.15, -0.1) is 0 Å². The fourth-order valence-corrected chi connectivity index (χ4v) is 7.98. The van der Waals surface area contributed by atoms with Crippen molar-refractivity contribution in [2.45, 2.75) is 168 Å². The van der Waals surface area contributed by atoms with Crippen LogP contribution in [0.1, 0.15) is 155 Å². The molecule has 6 heteroatoms. The summed E-state index contributed by atoms with van der Waals surface area (Å²) < 4.78 is 26.4. The maximum Gasteiger partial charge on any atom is 0.494 e. The van der Waals surface area contributed by atoms with E-state index in [0.29, 0.717) is 0 Å². The van der Waals surface area contributed by atoms with Gasteiger partial charge in [-0.3, -0.25) is 0 Å². The van der Waals surface area contributed by atoms with Gasteiger partial charge in [0.25, 0.3) is 0 Å². The van der Waals surface area contributed by atoms with E-state index in [1.54, 1.807) is 0 Å². The van der Waals surface area contributed by atoms with Gasteiger partial charge in [0.05, 0.1) is 22.4 Å². The SMILES string of the molecule is CCCCCCc1cc(CCCCCC)cc(C2(C)c3cc(B4OC(C)(C)C(C)(C)O4)ccc3-c3ccc(B4OC(C)(C)C(C)(C)O4)cc32)c1. The van der Waals surface area contributed by atoms with Gasteiger partial charge in [-0.1, -0.05) is 107 Å². The zero-order valence-corrected chi connectivity index (χ0v) is 33.1. The summed E-state index contributed by atoms with van der Waals surface area (Å²) >= 11 is 0. The Labute approximate surface area is 304 Å². The third kappa shape index (κ3) is 6.80. The van der Waals surface area contributed by atoms with Crippen LogP contribution < -0.4 is 10.9 Å². The first kappa shape index (κ1) is 37.4. The number of fused-ring (bicyclic) bond motifs is 3. The third-order valence-electron chi connectivity index (χ3n) is 12.8. The largest absolute Gasteiger partial charge is 0.494 e. The Morgan fingerprint density at radius 2 is 0.840 bits per heavy atom. The van der Waals surface area contributed by atoms with Crippen LogP contribution in [0.5, 0.6) is 0 Å². The molecule has 0 bridgehead atoms. The van der Waals surface area contributed by atoms with Crippen LogP contribution >= 0.6 is 0 Å². The number of hydrogen-bond donors (Lipinski definition) is 0. The molecule has 6 rings (SSSR count). The minimum atomic E-state index is -0.419. The molecule has 2 saturated heterocycles. The molecule has 4 nitrogen and oxygen atoms in total. The van der Waals surface area contributed by atoms with Crippen molar-refractivity contribution in [3.8, 4) is 11.1 Å². The summed E-state index contributed by atoms with van der Waals surface area (Å²) in [5.41, 5.74) is 9.62. The summed E-state index contributed by atoms with van der Waals surface area (Å²) in [5.74, 6) is 0. The van der Waals surface area contributed by atoms with E-state index < -0.39 is 36.6 Å². The van der Waals surface area contributed by atoms with Crippen molar-refractivity contribution >= 4 is 25.2 Å². The van der Waals surface area contributed by atoms with Crippen molar-refractivity contribution in [2.24, 2.45) is 0 Å². The van der Waals surface area contributed by atoms with Crippen LogP contribution in [0.4, 0.5) is 0 Å². The molecule has 0 atom stereocenters. The number of rotatable bonds is 13. The van der Waals surface area contributed by atoms with Crippen molar-refractivity contribution in [2.75, 3.05) is 0 Å². The summed E-state index contributed by atoms with van der Waals surface area (Å²) in [5, 5.41) is 0. The minimum absolute atomic E-state index is 0.387. The second-order valence-corrected chi connectivity index (χ2v) is 17.6. The Morgan fingerprint density at radius 3 is 1.20 bits per heavy atom. The van der Waals surface area contributed by atoms with Crippen LogP contribution in [0.3, 0.4) is 0 Å². The molecule has 2 aliphatic heterocycles. The normalized spacial score (nSPS) is 20.7. The van der Waals surface area contributed by atoms with E-state index in [9.17, 15) is 0 Å². The summed E-state index contributed by atoms with van der Waals surface area (Å²) in [7, 11) is -0.838. The van der Waals surface area contributed by atoms with Gasteiger partial charge in [0, 0.05) is 5.41 Å². The molecule has 0 N–H and O–H groups in total. The molecule has 50 heavy (non-hydrogen) atoms. The highest BCUT2D eigenvalue weighted by atomic mass is 16.7. The predicted molar refractivity (Wildman–Crippen MR) is 211 cm³/mol. The fraction of sp³-hybridized carbons (Fsp3) is 0.591. The Morgan fingerprint density at radius 1 is 0.460 bits per heavy atom. The van der Waals surface area contributed by atoms with Crippen molar-refractivity contribution in [3.63, 3.8) is 0 Å². The van der Waals surface area contributed by atoms with E-state index in [0.717, 1.165) is 23.8 Å². The Balaban J connectivity index is 1.48. The molecule has 2 fully saturated rings. The van der Waals surface area contributed by atoms with E-state index >= 15 is 0 Å². The zero-order chi connectivity index (χ0) is 36.1. The average molecular weight is 677 g/mol. The van der Waals surface area contributed by atoms with Gasteiger partial charge in [0.1, 0.15) is 0 Å². The molecule has 0 radical (unpaired) electrons. The molecule has 3 aromatic carbocycles. The van der Waals surface area contributed by atoms with Gasteiger partial charge >= 0.3 is 14.2 Å². The minimum Gasteiger partial charge on any atom is -0.399 e. The van der Waals surface area contributed by atoms with Crippen LogP contribution in [0, 0.1) is 0 Å². The summed E-state index contributed by atoms with van der Waals surface area (Å²) in [4.78, 5) is 0. The molecule has 2 heterocycles. The predicted octanol–water partition coefficient (Wildman–Crippen LogP) is 9.87. The lowest BCUT2D eigenvalue weighted by molar-refractivity contribution is 0.00578. The van der Waals surface area contributed by atoms with E-state index in [4.69, 9.17) is 18.6 Å².